The summed E-state index contributed by atoms with van der Waals surface area (Å²) in [5.41, 5.74) is 0.965. The zero-order valence-electron chi connectivity index (χ0n) is 12.6. The van der Waals surface area contributed by atoms with E-state index < -0.39 is 0 Å². The third kappa shape index (κ3) is 3.20. The lowest BCUT2D eigenvalue weighted by Gasteiger charge is -2.21. The Morgan fingerprint density at radius 3 is 3.09 bits per heavy atom. The molecule has 0 spiro atoms. The van der Waals surface area contributed by atoms with Crippen LogP contribution in [0.5, 0.6) is 0 Å². The first-order valence-corrected chi connectivity index (χ1v) is 9.03. The standard InChI is InChI=1S/C18H17ClN2OS/c19-14-5-1-4-13(10-14)16-11-20-18(22-16)12-21-8-2-6-15(21)17-7-3-9-23-17/h1,3-5,7,9-11,15H,2,6,8,12H2/t15-/m1/s1. The van der Waals surface area contributed by atoms with Crippen molar-refractivity contribution >= 4 is 22.9 Å². The fourth-order valence-corrected chi connectivity index (χ4v) is 4.24. The van der Waals surface area contributed by atoms with Crippen LogP contribution in [0, 0.1) is 0 Å². The van der Waals surface area contributed by atoms with Crippen LogP contribution in [0.3, 0.4) is 0 Å². The fraction of sp³-hybridized carbons (Fsp3) is 0.278. The molecule has 2 aromatic heterocycles. The van der Waals surface area contributed by atoms with Gasteiger partial charge in [-0.05, 0) is 43.0 Å². The van der Waals surface area contributed by atoms with E-state index in [1.165, 1.54) is 17.7 Å². The molecule has 0 aliphatic carbocycles. The van der Waals surface area contributed by atoms with Gasteiger partial charge in [0, 0.05) is 21.5 Å². The monoisotopic (exact) mass is 344 g/mol. The summed E-state index contributed by atoms with van der Waals surface area (Å²) in [5, 5.41) is 2.85. The Labute approximate surface area is 144 Å². The molecule has 0 N–H and O–H groups in total. The van der Waals surface area contributed by atoms with Gasteiger partial charge in [-0.25, -0.2) is 4.98 Å². The third-order valence-electron chi connectivity index (χ3n) is 4.24. The molecule has 3 aromatic rings. The maximum absolute atomic E-state index is 6.05. The predicted molar refractivity (Wildman–Crippen MR) is 93.7 cm³/mol. The lowest BCUT2D eigenvalue weighted by Crippen LogP contribution is -2.22. The molecule has 1 saturated heterocycles. The van der Waals surface area contributed by atoms with Crippen molar-refractivity contribution in [3.8, 4) is 11.3 Å². The molecule has 1 aliphatic rings. The smallest absolute Gasteiger partial charge is 0.209 e. The van der Waals surface area contributed by atoms with Gasteiger partial charge in [-0.2, -0.15) is 0 Å². The summed E-state index contributed by atoms with van der Waals surface area (Å²) >= 11 is 7.88. The molecule has 0 unspecified atom stereocenters. The number of hydrogen-bond acceptors (Lipinski definition) is 4. The largest absolute Gasteiger partial charge is 0.439 e. The normalized spacial score (nSPS) is 18.6. The van der Waals surface area contributed by atoms with Crippen molar-refractivity contribution in [2.45, 2.75) is 25.4 Å². The van der Waals surface area contributed by atoms with E-state index in [1.807, 2.05) is 35.6 Å². The number of rotatable bonds is 4. The molecule has 5 heteroatoms. The van der Waals surface area contributed by atoms with E-state index in [4.69, 9.17) is 16.0 Å². The first-order chi connectivity index (χ1) is 11.3. The van der Waals surface area contributed by atoms with Crippen LogP contribution in [-0.2, 0) is 6.54 Å². The minimum atomic E-state index is 0.497. The highest BCUT2D eigenvalue weighted by molar-refractivity contribution is 7.10. The second-order valence-electron chi connectivity index (χ2n) is 5.77. The summed E-state index contributed by atoms with van der Waals surface area (Å²) in [6, 6.07) is 12.5. The number of benzene rings is 1. The van der Waals surface area contributed by atoms with E-state index in [0.717, 1.165) is 30.3 Å². The summed E-state index contributed by atoms with van der Waals surface area (Å²) in [6.45, 7) is 1.85. The average Bonchev–Trinajstić information content (AvgIpc) is 3.29. The molecule has 0 amide bonds. The minimum Gasteiger partial charge on any atom is -0.439 e. The Morgan fingerprint density at radius 2 is 2.26 bits per heavy atom. The molecule has 1 aromatic carbocycles. The van der Waals surface area contributed by atoms with Crippen molar-refractivity contribution < 1.29 is 4.42 Å². The highest BCUT2D eigenvalue weighted by Crippen LogP contribution is 2.35. The van der Waals surface area contributed by atoms with Gasteiger partial charge in [0.25, 0.3) is 0 Å². The molecule has 3 heterocycles. The molecule has 23 heavy (non-hydrogen) atoms. The maximum Gasteiger partial charge on any atom is 0.209 e. The van der Waals surface area contributed by atoms with Gasteiger partial charge in [0.05, 0.1) is 12.7 Å². The van der Waals surface area contributed by atoms with E-state index in [2.05, 4.69) is 27.4 Å². The van der Waals surface area contributed by atoms with Crippen molar-refractivity contribution in [2.24, 2.45) is 0 Å². The molecular weight excluding hydrogens is 328 g/mol. The molecular formula is C18H17ClN2OS. The van der Waals surface area contributed by atoms with E-state index in [1.54, 1.807) is 6.20 Å². The molecule has 118 valence electrons. The van der Waals surface area contributed by atoms with Crippen molar-refractivity contribution in [3.05, 3.63) is 63.8 Å². The molecule has 1 fully saturated rings. The Balaban J connectivity index is 1.51. The van der Waals surface area contributed by atoms with Crippen LogP contribution < -0.4 is 0 Å². The van der Waals surface area contributed by atoms with E-state index >= 15 is 0 Å². The van der Waals surface area contributed by atoms with Gasteiger partial charge < -0.3 is 4.42 Å². The quantitative estimate of drug-likeness (QED) is 0.635. The van der Waals surface area contributed by atoms with Gasteiger partial charge in [-0.1, -0.05) is 29.8 Å². The van der Waals surface area contributed by atoms with E-state index in [-0.39, 0.29) is 0 Å². The fourth-order valence-electron chi connectivity index (χ4n) is 3.15. The molecule has 0 saturated carbocycles. The SMILES string of the molecule is Clc1cccc(-c2cnc(CN3CCC[C@@H]3c3cccs3)o2)c1. The zero-order chi connectivity index (χ0) is 15.6. The van der Waals surface area contributed by atoms with Crippen LogP contribution in [-0.4, -0.2) is 16.4 Å². The van der Waals surface area contributed by atoms with Crippen LogP contribution in [0.15, 0.2) is 52.4 Å². The first kappa shape index (κ1) is 14.9. The second-order valence-corrected chi connectivity index (χ2v) is 7.19. The van der Waals surface area contributed by atoms with Crippen molar-refractivity contribution in [1.82, 2.24) is 9.88 Å². The third-order valence-corrected chi connectivity index (χ3v) is 5.44. The Hall–Kier alpha value is -1.62. The molecule has 4 rings (SSSR count). The number of halogens is 1. The van der Waals surface area contributed by atoms with Crippen molar-refractivity contribution in [3.63, 3.8) is 0 Å². The number of likely N-dealkylation sites (tertiary alicyclic amines) is 1. The summed E-state index contributed by atoms with van der Waals surface area (Å²) in [5.74, 6) is 1.54. The molecule has 3 nitrogen and oxygen atoms in total. The molecule has 1 aliphatic heterocycles. The topological polar surface area (TPSA) is 29.3 Å². The number of oxazole rings is 1. The van der Waals surface area contributed by atoms with Gasteiger partial charge in [0.15, 0.2) is 5.76 Å². The Morgan fingerprint density at radius 1 is 1.30 bits per heavy atom. The summed E-state index contributed by atoms with van der Waals surface area (Å²) < 4.78 is 5.94. The van der Waals surface area contributed by atoms with Gasteiger partial charge in [0.2, 0.25) is 5.89 Å². The van der Waals surface area contributed by atoms with Gasteiger partial charge in [0.1, 0.15) is 0 Å². The van der Waals surface area contributed by atoms with Crippen LogP contribution in [0.1, 0.15) is 29.7 Å². The first-order valence-electron chi connectivity index (χ1n) is 7.78. The van der Waals surface area contributed by atoms with E-state index in [9.17, 15) is 0 Å². The summed E-state index contributed by atoms with van der Waals surface area (Å²) in [4.78, 5) is 8.35. The molecule has 0 radical (unpaired) electrons. The van der Waals surface area contributed by atoms with Crippen LogP contribution in [0.4, 0.5) is 0 Å². The van der Waals surface area contributed by atoms with E-state index in [0.29, 0.717) is 11.1 Å². The van der Waals surface area contributed by atoms with Gasteiger partial charge in [-0.3, -0.25) is 4.90 Å². The van der Waals surface area contributed by atoms with Crippen molar-refractivity contribution in [2.75, 3.05) is 6.54 Å². The highest BCUT2D eigenvalue weighted by Gasteiger charge is 2.27. The van der Waals surface area contributed by atoms with Crippen LogP contribution >= 0.6 is 22.9 Å². The number of aromatic nitrogens is 1. The lowest BCUT2D eigenvalue weighted by atomic mass is 10.2. The molecule has 0 bridgehead atoms. The zero-order valence-corrected chi connectivity index (χ0v) is 14.2. The molecule has 1 atom stereocenters. The number of nitrogens with zero attached hydrogens (tertiary/aromatic N) is 2. The predicted octanol–water partition coefficient (Wildman–Crippen LogP) is 5.39. The second kappa shape index (κ2) is 6.48. The minimum absolute atomic E-state index is 0.497. The van der Waals surface area contributed by atoms with Gasteiger partial charge >= 0.3 is 0 Å². The number of hydrogen-bond donors (Lipinski definition) is 0. The maximum atomic E-state index is 6.05. The van der Waals surface area contributed by atoms with Crippen LogP contribution in [0.25, 0.3) is 11.3 Å². The van der Waals surface area contributed by atoms with Gasteiger partial charge in [-0.15, -0.1) is 11.3 Å². The van der Waals surface area contributed by atoms with Crippen LogP contribution in [0.2, 0.25) is 5.02 Å². The Bertz CT molecular complexity index is 784. The summed E-state index contributed by atoms with van der Waals surface area (Å²) in [7, 11) is 0. The average molecular weight is 345 g/mol. The highest BCUT2D eigenvalue weighted by atomic mass is 35.5. The Kier molecular flexibility index (Phi) is 4.21. The summed E-state index contributed by atoms with van der Waals surface area (Å²) in [6.07, 6.45) is 4.23. The number of thiophene rings is 1. The van der Waals surface area contributed by atoms with Crippen molar-refractivity contribution in [1.29, 1.82) is 0 Å². The lowest BCUT2D eigenvalue weighted by molar-refractivity contribution is 0.227.